The highest BCUT2D eigenvalue weighted by Crippen LogP contribution is 2.33. The highest BCUT2D eigenvalue weighted by Gasteiger charge is 2.23. The van der Waals surface area contributed by atoms with Gasteiger partial charge in [-0.15, -0.1) is 0 Å². The molecule has 0 fully saturated rings. The lowest BCUT2D eigenvalue weighted by atomic mass is 9.78. The van der Waals surface area contributed by atoms with E-state index in [0.29, 0.717) is 5.75 Å². The van der Waals surface area contributed by atoms with Crippen LogP contribution in [0.5, 0.6) is 11.5 Å². The maximum atomic E-state index is 9.23. The van der Waals surface area contributed by atoms with Gasteiger partial charge < -0.3 is 14.6 Å². The van der Waals surface area contributed by atoms with Crippen LogP contribution >= 0.6 is 0 Å². The predicted molar refractivity (Wildman–Crippen MR) is 83.9 cm³/mol. The van der Waals surface area contributed by atoms with Crippen LogP contribution in [0.3, 0.4) is 0 Å². The molecule has 2 aromatic rings. The lowest BCUT2D eigenvalue weighted by molar-refractivity contribution is -0.000308. The molecule has 0 aliphatic carbocycles. The van der Waals surface area contributed by atoms with Gasteiger partial charge in [0.15, 0.2) is 6.29 Å². The summed E-state index contributed by atoms with van der Waals surface area (Å²) in [4.78, 5) is 0. The summed E-state index contributed by atoms with van der Waals surface area (Å²) in [5.41, 5.74) is 2.29. The molecule has 0 saturated carbocycles. The molecule has 0 saturated heterocycles. The summed E-state index contributed by atoms with van der Waals surface area (Å²) in [5, 5.41) is 9.23. The first kappa shape index (κ1) is 15.4. The molecule has 3 nitrogen and oxygen atoms in total. The highest BCUT2D eigenvalue weighted by atomic mass is 16.6. The summed E-state index contributed by atoms with van der Waals surface area (Å²) in [6, 6.07) is 15.9. The van der Waals surface area contributed by atoms with Crippen molar-refractivity contribution in [3.63, 3.8) is 0 Å². The minimum atomic E-state index is -0.801. The molecule has 0 aliphatic rings. The molecule has 1 N–H and O–H groups in total. The molecule has 2 rings (SSSR count). The van der Waals surface area contributed by atoms with Crippen molar-refractivity contribution in [2.75, 3.05) is 7.11 Å². The van der Waals surface area contributed by atoms with Gasteiger partial charge in [-0.25, -0.2) is 0 Å². The normalized spacial score (nSPS) is 12.8. The number of benzene rings is 2. The van der Waals surface area contributed by atoms with Gasteiger partial charge in [-0.1, -0.05) is 38.1 Å². The van der Waals surface area contributed by atoms with Gasteiger partial charge in [0.2, 0.25) is 0 Å². The Kier molecular flexibility index (Phi) is 4.53. The summed E-state index contributed by atoms with van der Waals surface area (Å²) in [5.74, 6) is 1.52. The Labute approximate surface area is 126 Å². The number of rotatable bonds is 5. The summed E-state index contributed by atoms with van der Waals surface area (Å²) in [7, 11) is 1.67. The van der Waals surface area contributed by atoms with E-state index in [4.69, 9.17) is 9.47 Å². The lowest BCUT2D eigenvalue weighted by Crippen LogP contribution is -2.18. The minimum Gasteiger partial charge on any atom is -0.497 e. The van der Waals surface area contributed by atoms with E-state index in [-0.39, 0.29) is 5.41 Å². The Bertz CT molecular complexity index is 568. The number of methoxy groups -OCH3 is 1. The van der Waals surface area contributed by atoms with Crippen molar-refractivity contribution in [1.29, 1.82) is 0 Å². The van der Waals surface area contributed by atoms with E-state index >= 15 is 0 Å². The van der Waals surface area contributed by atoms with Crippen molar-refractivity contribution in [2.45, 2.75) is 32.5 Å². The Morgan fingerprint density at radius 3 is 1.67 bits per heavy atom. The fraction of sp³-hybridized carbons (Fsp3) is 0.333. The standard InChI is InChI=1S/C18H22O3/c1-13(19)21-17-11-7-15(8-12-17)18(2,3)14-5-9-16(20-4)10-6-14/h5-13,19H,1-4H3. The highest BCUT2D eigenvalue weighted by molar-refractivity contribution is 5.41. The molecule has 1 atom stereocenters. The van der Waals surface area contributed by atoms with Gasteiger partial charge in [-0.2, -0.15) is 0 Å². The van der Waals surface area contributed by atoms with Gasteiger partial charge in [0, 0.05) is 5.41 Å². The van der Waals surface area contributed by atoms with E-state index in [9.17, 15) is 5.11 Å². The van der Waals surface area contributed by atoms with Crippen LogP contribution in [0, 0.1) is 0 Å². The van der Waals surface area contributed by atoms with E-state index in [0.717, 1.165) is 5.75 Å². The van der Waals surface area contributed by atoms with Gasteiger partial charge in [0.25, 0.3) is 0 Å². The third-order valence-electron chi connectivity index (χ3n) is 3.69. The molecular weight excluding hydrogens is 264 g/mol. The average Bonchev–Trinajstić information content (AvgIpc) is 2.47. The minimum absolute atomic E-state index is 0.115. The summed E-state index contributed by atoms with van der Waals surface area (Å²) in [6.45, 7) is 5.95. The second-order valence-corrected chi connectivity index (χ2v) is 5.60. The molecular formula is C18H22O3. The zero-order valence-electron chi connectivity index (χ0n) is 13.0. The van der Waals surface area contributed by atoms with E-state index in [1.54, 1.807) is 14.0 Å². The molecule has 0 aromatic heterocycles. The van der Waals surface area contributed by atoms with Crippen molar-refractivity contribution < 1.29 is 14.6 Å². The molecule has 0 spiro atoms. The Balaban J connectivity index is 2.25. The lowest BCUT2D eigenvalue weighted by Gasteiger charge is -2.26. The third kappa shape index (κ3) is 3.56. The number of aliphatic hydroxyl groups is 1. The van der Waals surface area contributed by atoms with Gasteiger partial charge in [-0.05, 0) is 42.3 Å². The maximum Gasteiger partial charge on any atom is 0.194 e. The Morgan fingerprint density at radius 1 is 0.857 bits per heavy atom. The van der Waals surface area contributed by atoms with E-state index in [2.05, 4.69) is 26.0 Å². The average molecular weight is 286 g/mol. The molecule has 0 radical (unpaired) electrons. The van der Waals surface area contributed by atoms with Gasteiger partial charge in [0.1, 0.15) is 11.5 Å². The number of ether oxygens (including phenoxy) is 2. The maximum absolute atomic E-state index is 9.23. The van der Waals surface area contributed by atoms with Crippen LogP contribution < -0.4 is 9.47 Å². The second-order valence-electron chi connectivity index (χ2n) is 5.60. The van der Waals surface area contributed by atoms with Gasteiger partial charge >= 0.3 is 0 Å². The van der Waals surface area contributed by atoms with Crippen LogP contribution in [-0.4, -0.2) is 18.5 Å². The quantitative estimate of drug-likeness (QED) is 0.851. The topological polar surface area (TPSA) is 38.7 Å². The van der Waals surface area contributed by atoms with Crippen molar-refractivity contribution in [2.24, 2.45) is 0 Å². The molecule has 0 amide bonds. The van der Waals surface area contributed by atoms with Crippen LogP contribution in [0.1, 0.15) is 31.9 Å². The summed E-state index contributed by atoms with van der Waals surface area (Å²) in [6.07, 6.45) is -0.801. The summed E-state index contributed by atoms with van der Waals surface area (Å²) >= 11 is 0. The van der Waals surface area contributed by atoms with Crippen molar-refractivity contribution in [3.05, 3.63) is 59.7 Å². The smallest absolute Gasteiger partial charge is 0.194 e. The zero-order chi connectivity index (χ0) is 15.5. The molecule has 2 aromatic carbocycles. The van der Waals surface area contributed by atoms with Gasteiger partial charge in [0.05, 0.1) is 7.11 Å². The largest absolute Gasteiger partial charge is 0.497 e. The summed E-state index contributed by atoms with van der Waals surface area (Å²) < 4.78 is 10.5. The molecule has 0 aliphatic heterocycles. The van der Waals surface area contributed by atoms with E-state index in [1.807, 2.05) is 36.4 Å². The fourth-order valence-corrected chi connectivity index (χ4v) is 2.32. The first-order chi connectivity index (χ1) is 9.93. The van der Waals surface area contributed by atoms with E-state index in [1.165, 1.54) is 11.1 Å². The molecule has 0 bridgehead atoms. The van der Waals surface area contributed by atoms with Gasteiger partial charge in [-0.3, -0.25) is 0 Å². The molecule has 21 heavy (non-hydrogen) atoms. The first-order valence-electron chi connectivity index (χ1n) is 7.03. The number of hydrogen-bond donors (Lipinski definition) is 1. The Morgan fingerprint density at radius 2 is 1.29 bits per heavy atom. The molecule has 112 valence electrons. The van der Waals surface area contributed by atoms with Crippen molar-refractivity contribution in [3.8, 4) is 11.5 Å². The van der Waals surface area contributed by atoms with Crippen LogP contribution in [0.15, 0.2) is 48.5 Å². The monoisotopic (exact) mass is 286 g/mol. The third-order valence-corrected chi connectivity index (χ3v) is 3.69. The number of aliphatic hydroxyl groups excluding tert-OH is 1. The fourth-order valence-electron chi connectivity index (χ4n) is 2.32. The number of hydrogen-bond acceptors (Lipinski definition) is 3. The molecule has 0 heterocycles. The SMILES string of the molecule is COc1ccc(C(C)(C)c2ccc(OC(C)O)cc2)cc1. The molecule has 1 unspecified atom stereocenters. The van der Waals surface area contributed by atoms with E-state index < -0.39 is 6.29 Å². The Hall–Kier alpha value is -2.00. The van der Waals surface area contributed by atoms with Crippen LogP contribution in [0.4, 0.5) is 0 Å². The molecule has 3 heteroatoms. The second kappa shape index (κ2) is 6.19. The first-order valence-corrected chi connectivity index (χ1v) is 7.03. The van der Waals surface area contributed by atoms with Crippen molar-refractivity contribution in [1.82, 2.24) is 0 Å². The predicted octanol–water partition coefficient (Wildman–Crippen LogP) is 3.74. The van der Waals surface area contributed by atoms with Crippen molar-refractivity contribution >= 4 is 0 Å². The van der Waals surface area contributed by atoms with Crippen LogP contribution in [-0.2, 0) is 5.41 Å². The van der Waals surface area contributed by atoms with Crippen LogP contribution in [0.25, 0.3) is 0 Å². The zero-order valence-corrected chi connectivity index (χ0v) is 13.0. The van der Waals surface area contributed by atoms with Crippen LogP contribution in [0.2, 0.25) is 0 Å².